The number of nitrogens with one attached hydrogen (secondary N) is 1. The normalized spacial score (nSPS) is 14.9. The average Bonchev–Trinajstić information content (AvgIpc) is 3.65. The summed E-state index contributed by atoms with van der Waals surface area (Å²) in [6, 6.07) is 11.9. The summed E-state index contributed by atoms with van der Waals surface area (Å²) in [6.07, 6.45) is -0.985. The van der Waals surface area contributed by atoms with Crippen LogP contribution in [0.25, 0.3) is 11.4 Å². The highest BCUT2D eigenvalue weighted by molar-refractivity contribution is 6.32. The van der Waals surface area contributed by atoms with Crippen LogP contribution >= 0.6 is 11.6 Å². The SMILES string of the molecule is CCc1c(N2CCN(C(=O)c3nccc(F)c3OCc3ccccc3)CC2)c(=O)n2nc(C3=CCOCC3)nc2n1CC(=O)Nc1ccc(C(F)(F)F)nc1Cl. The van der Waals surface area contributed by atoms with Crippen molar-refractivity contribution in [1.82, 2.24) is 34.0 Å². The molecule has 56 heavy (non-hydrogen) atoms. The monoisotopic (exact) mass is 795 g/mol. The van der Waals surface area contributed by atoms with Crippen LogP contribution in [0.3, 0.4) is 0 Å². The number of nitrogens with zero attached hydrogens (tertiary/aromatic N) is 8. The molecule has 2 aliphatic rings. The first-order chi connectivity index (χ1) is 26.9. The summed E-state index contributed by atoms with van der Waals surface area (Å²) in [4.78, 5) is 57.0. The van der Waals surface area contributed by atoms with Crippen LogP contribution in [0.4, 0.5) is 28.9 Å². The lowest BCUT2D eigenvalue weighted by Gasteiger charge is -2.36. The van der Waals surface area contributed by atoms with E-state index in [0.29, 0.717) is 31.4 Å². The van der Waals surface area contributed by atoms with E-state index < -0.39 is 46.8 Å². The molecule has 292 valence electrons. The van der Waals surface area contributed by atoms with Gasteiger partial charge in [-0.2, -0.15) is 22.7 Å². The van der Waals surface area contributed by atoms with Gasteiger partial charge in [-0.15, -0.1) is 5.10 Å². The topological polar surface area (TPSA) is 149 Å². The van der Waals surface area contributed by atoms with Gasteiger partial charge in [-0.05, 0) is 42.2 Å². The summed E-state index contributed by atoms with van der Waals surface area (Å²) in [6.45, 7) is 2.77. The van der Waals surface area contributed by atoms with E-state index in [9.17, 15) is 31.9 Å². The summed E-state index contributed by atoms with van der Waals surface area (Å²) in [7, 11) is 0. The highest BCUT2D eigenvalue weighted by Gasteiger charge is 2.34. The Hall–Kier alpha value is -5.88. The highest BCUT2D eigenvalue weighted by atomic mass is 35.5. The largest absolute Gasteiger partial charge is 0.483 e. The maximum absolute atomic E-state index is 15.0. The lowest BCUT2D eigenvalue weighted by molar-refractivity contribution is -0.141. The Morgan fingerprint density at radius 2 is 1.80 bits per heavy atom. The minimum absolute atomic E-state index is 0.0212. The standard InChI is InChI=1S/C37H34ClF4N9O5/c1-2-26-30(48-14-16-49(17-15-48)34(53)29-31(24(39)10-13-43-29)56-21-22-6-4-3-5-7-22)35(54)51-36(46-33(47-51)23-11-18-55-19-12-23)50(26)20-28(52)44-25-8-9-27(37(40,41)42)45-32(25)38/h3-11,13H,2,12,14-21H2,1H3,(H,44,52). The Morgan fingerprint density at radius 1 is 1.04 bits per heavy atom. The van der Waals surface area contributed by atoms with Crippen molar-refractivity contribution in [2.75, 3.05) is 49.6 Å². The second-order valence-corrected chi connectivity index (χ2v) is 13.2. The number of pyridine rings is 2. The molecular weight excluding hydrogens is 762 g/mol. The molecular formula is C37H34ClF4N9O5. The predicted molar refractivity (Wildman–Crippen MR) is 196 cm³/mol. The number of aromatic nitrogens is 6. The Morgan fingerprint density at radius 3 is 2.48 bits per heavy atom. The van der Waals surface area contributed by atoms with Crippen LogP contribution in [0.15, 0.2) is 65.6 Å². The van der Waals surface area contributed by atoms with E-state index >= 15 is 0 Å². The van der Waals surface area contributed by atoms with Crippen molar-refractivity contribution in [3.63, 3.8) is 0 Å². The zero-order valence-corrected chi connectivity index (χ0v) is 30.6. The van der Waals surface area contributed by atoms with E-state index in [2.05, 4.69) is 25.4 Å². The molecule has 2 aliphatic heterocycles. The first kappa shape index (κ1) is 38.4. The summed E-state index contributed by atoms with van der Waals surface area (Å²) in [5, 5.41) is 6.49. The van der Waals surface area contributed by atoms with Crippen molar-refractivity contribution in [2.24, 2.45) is 0 Å². The molecule has 0 aliphatic carbocycles. The van der Waals surface area contributed by atoms with E-state index in [1.807, 2.05) is 36.4 Å². The minimum atomic E-state index is -4.74. The minimum Gasteiger partial charge on any atom is -0.483 e. The zero-order valence-electron chi connectivity index (χ0n) is 29.9. The van der Waals surface area contributed by atoms with Gasteiger partial charge in [0.1, 0.15) is 24.5 Å². The van der Waals surface area contributed by atoms with Gasteiger partial charge in [0.2, 0.25) is 11.7 Å². The van der Waals surface area contributed by atoms with Gasteiger partial charge in [0.25, 0.3) is 11.5 Å². The fourth-order valence-electron chi connectivity index (χ4n) is 6.54. The number of piperazine rings is 1. The Balaban J connectivity index is 1.17. The number of hydrogen-bond donors (Lipinski definition) is 1. The quantitative estimate of drug-likeness (QED) is 0.151. The third-order valence-electron chi connectivity index (χ3n) is 9.29. The second-order valence-electron chi connectivity index (χ2n) is 12.8. The van der Waals surface area contributed by atoms with Crippen LogP contribution in [0.2, 0.25) is 5.15 Å². The van der Waals surface area contributed by atoms with Crippen molar-refractivity contribution in [3.8, 4) is 5.75 Å². The van der Waals surface area contributed by atoms with Gasteiger partial charge in [0, 0.05) is 32.4 Å². The fourth-order valence-corrected chi connectivity index (χ4v) is 6.74. The molecule has 0 atom stereocenters. The molecule has 2 amide bonds. The lowest BCUT2D eigenvalue weighted by atomic mass is 10.1. The van der Waals surface area contributed by atoms with Crippen LogP contribution in [0, 0.1) is 5.82 Å². The van der Waals surface area contributed by atoms with E-state index in [-0.39, 0.29) is 73.6 Å². The molecule has 1 aromatic carbocycles. The number of anilines is 2. The van der Waals surface area contributed by atoms with Crippen LogP contribution in [-0.2, 0) is 35.3 Å². The van der Waals surface area contributed by atoms with E-state index in [0.717, 1.165) is 27.8 Å². The molecule has 0 saturated carbocycles. The number of alkyl halides is 3. The fraction of sp³-hybridized carbons (Fsp3) is 0.324. The molecule has 6 heterocycles. The van der Waals surface area contributed by atoms with Crippen molar-refractivity contribution in [3.05, 3.63) is 111 Å². The predicted octanol–water partition coefficient (Wildman–Crippen LogP) is 5.04. The number of amides is 2. The Bertz CT molecular complexity index is 2380. The number of rotatable bonds is 10. The molecule has 5 aromatic rings. The maximum atomic E-state index is 15.0. The second kappa shape index (κ2) is 16.1. The Labute approximate surface area is 321 Å². The summed E-state index contributed by atoms with van der Waals surface area (Å²) in [5.74, 6) is -1.88. The highest BCUT2D eigenvalue weighted by Crippen LogP contribution is 2.31. The third kappa shape index (κ3) is 7.92. The van der Waals surface area contributed by atoms with Gasteiger partial charge in [0.05, 0.1) is 24.6 Å². The van der Waals surface area contributed by atoms with Crippen molar-refractivity contribution in [2.45, 2.75) is 39.1 Å². The van der Waals surface area contributed by atoms with Crippen LogP contribution in [0.5, 0.6) is 5.75 Å². The lowest BCUT2D eigenvalue weighted by Crippen LogP contribution is -2.51. The average molecular weight is 796 g/mol. The first-order valence-electron chi connectivity index (χ1n) is 17.6. The zero-order chi connectivity index (χ0) is 39.6. The Kier molecular flexibility index (Phi) is 11.0. The number of fused-ring (bicyclic) bond motifs is 1. The van der Waals surface area contributed by atoms with E-state index in [1.165, 1.54) is 15.7 Å². The summed E-state index contributed by atoms with van der Waals surface area (Å²) >= 11 is 6.02. The molecule has 4 aromatic heterocycles. The van der Waals surface area contributed by atoms with Crippen LogP contribution < -0.4 is 20.5 Å². The smallest absolute Gasteiger partial charge is 0.433 e. The molecule has 0 spiro atoms. The van der Waals surface area contributed by atoms with Crippen LogP contribution in [0.1, 0.15) is 46.6 Å². The van der Waals surface area contributed by atoms with Crippen molar-refractivity contribution in [1.29, 1.82) is 0 Å². The number of benzene rings is 1. The first-order valence-corrected chi connectivity index (χ1v) is 18.0. The van der Waals surface area contributed by atoms with Gasteiger partial charge >= 0.3 is 6.18 Å². The van der Waals surface area contributed by atoms with E-state index in [1.54, 1.807) is 11.8 Å². The summed E-state index contributed by atoms with van der Waals surface area (Å²) < 4.78 is 68.3. The number of carbonyl (C=O) groups is 2. The molecule has 14 nitrogen and oxygen atoms in total. The number of carbonyl (C=O) groups excluding carboxylic acids is 2. The molecule has 1 fully saturated rings. The van der Waals surface area contributed by atoms with Gasteiger partial charge in [-0.1, -0.05) is 54.9 Å². The molecule has 7 rings (SSSR count). The molecule has 0 bridgehead atoms. The van der Waals surface area contributed by atoms with Crippen molar-refractivity contribution < 1.29 is 36.6 Å². The van der Waals surface area contributed by atoms with Gasteiger partial charge in [0.15, 0.2) is 28.2 Å². The van der Waals surface area contributed by atoms with Gasteiger partial charge < -0.3 is 29.2 Å². The van der Waals surface area contributed by atoms with Crippen molar-refractivity contribution >= 4 is 46.1 Å². The molecule has 19 heteroatoms. The number of hydrogen-bond acceptors (Lipinski definition) is 10. The van der Waals surface area contributed by atoms with E-state index in [4.69, 9.17) is 21.1 Å². The molecule has 0 unspecified atom stereocenters. The molecule has 1 N–H and O–H groups in total. The summed E-state index contributed by atoms with van der Waals surface area (Å²) in [5.41, 5.74) is 0.139. The molecule has 1 saturated heterocycles. The maximum Gasteiger partial charge on any atom is 0.433 e. The van der Waals surface area contributed by atoms with Gasteiger partial charge in [-0.25, -0.2) is 14.4 Å². The third-order valence-corrected chi connectivity index (χ3v) is 9.58. The molecule has 0 radical (unpaired) electrons. The van der Waals surface area contributed by atoms with Crippen LogP contribution in [-0.4, -0.2) is 85.2 Å². The number of ether oxygens (including phenoxy) is 2. The van der Waals surface area contributed by atoms with Gasteiger partial charge in [-0.3, -0.25) is 14.4 Å². The number of halogens is 5.